The summed E-state index contributed by atoms with van der Waals surface area (Å²) in [5, 5.41) is 0. The summed E-state index contributed by atoms with van der Waals surface area (Å²) in [7, 11) is -3.25. The average molecular weight is 342 g/mol. The van der Waals surface area contributed by atoms with E-state index in [1.54, 1.807) is 31.2 Å². The van der Waals surface area contributed by atoms with Crippen molar-refractivity contribution in [2.24, 2.45) is 0 Å². The second-order valence-corrected chi connectivity index (χ2v) is 7.60. The zero-order chi connectivity index (χ0) is 17.4. The van der Waals surface area contributed by atoms with Crippen LogP contribution in [-0.2, 0) is 17.4 Å². The van der Waals surface area contributed by atoms with Crippen LogP contribution in [-0.4, -0.2) is 6.16 Å². The molecule has 0 fully saturated rings. The van der Waals surface area contributed by atoms with Gasteiger partial charge in [-0.05, 0) is 48.2 Å². The van der Waals surface area contributed by atoms with Gasteiger partial charge in [-0.3, -0.25) is 0 Å². The molecule has 0 unspecified atom stereocenters. The van der Waals surface area contributed by atoms with E-state index >= 15 is 0 Å². The highest BCUT2D eigenvalue weighted by Crippen LogP contribution is 2.48. The highest BCUT2D eigenvalue weighted by atomic mass is 31.2. The summed E-state index contributed by atoms with van der Waals surface area (Å²) in [5.74, 6) is 1.08. The van der Waals surface area contributed by atoms with Gasteiger partial charge >= 0.3 is 7.60 Å². The second-order valence-electron chi connectivity index (χ2n) is 5.38. The van der Waals surface area contributed by atoms with Crippen LogP contribution >= 0.6 is 7.60 Å². The first-order valence-electron chi connectivity index (χ1n) is 7.96. The topological polar surface area (TPSA) is 35.5 Å². The van der Waals surface area contributed by atoms with Crippen molar-refractivity contribution in [2.75, 3.05) is 6.16 Å². The van der Waals surface area contributed by atoms with Crippen molar-refractivity contribution in [2.45, 2.75) is 19.8 Å². The third-order valence-electron chi connectivity index (χ3n) is 3.48. The maximum Gasteiger partial charge on any atom is 0.430 e. The van der Waals surface area contributed by atoms with Gasteiger partial charge in [0.15, 0.2) is 0 Å². The Bertz CT molecular complexity index is 658. The van der Waals surface area contributed by atoms with Crippen LogP contribution in [0.4, 0.5) is 0 Å². The molecule has 0 aromatic heterocycles. The molecular weight excluding hydrogens is 319 g/mol. The molecule has 0 saturated carbocycles. The van der Waals surface area contributed by atoms with Gasteiger partial charge in [-0.2, -0.15) is 0 Å². The lowest BCUT2D eigenvalue weighted by Crippen LogP contribution is -2.03. The summed E-state index contributed by atoms with van der Waals surface area (Å²) in [4.78, 5) is 0. The normalized spacial score (nSPS) is 10.9. The van der Waals surface area contributed by atoms with Crippen molar-refractivity contribution < 1.29 is 13.6 Å². The zero-order valence-electron chi connectivity index (χ0n) is 14.0. The standard InChI is InChI=1S/C20H23O3P/c1-4-7-17-9-13-19(14-10-17)22-24(21,6-3)23-20-15-11-18(8-5-2)12-16-20/h4-5,9-16H,1-2,6-8H2,3H3. The molecule has 126 valence electrons. The van der Waals surface area contributed by atoms with E-state index in [0.29, 0.717) is 11.5 Å². The van der Waals surface area contributed by atoms with E-state index in [9.17, 15) is 4.57 Å². The molecule has 0 spiro atoms. The van der Waals surface area contributed by atoms with E-state index in [-0.39, 0.29) is 6.16 Å². The first-order valence-corrected chi connectivity index (χ1v) is 9.69. The summed E-state index contributed by atoms with van der Waals surface area (Å²) in [6.07, 6.45) is 5.55. The fourth-order valence-electron chi connectivity index (χ4n) is 2.18. The predicted molar refractivity (Wildman–Crippen MR) is 100 cm³/mol. The second kappa shape index (κ2) is 8.56. The fraction of sp³-hybridized carbons (Fsp3) is 0.200. The van der Waals surface area contributed by atoms with Crippen LogP contribution in [0.2, 0.25) is 0 Å². The average Bonchev–Trinajstić information content (AvgIpc) is 2.59. The van der Waals surface area contributed by atoms with Gasteiger partial charge in [-0.1, -0.05) is 43.3 Å². The minimum Gasteiger partial charge on any atom is -0.416 e. The molecular formula is C20H23O3P. The Kier molecular flexibility index (Phi) is 6.45. The molecule has 0 bridgehead atoms. The Balaban J connectivity index is 2.08. The van der Waals surface area contributed by atoms with Crippen LogP contribution in [0, 0.1) is 0 Å². The smallest absolute Gasteiger partial charge is 0.416 e. The maximum atomic E-state index is 12.9. The van der Waals surface area contributed by atoms with Crippen molar-refractivity contribution in [3.63, 3.8) is 0 Å². The van der Waals surface area contributed by atoms with E-state index in [1.165, 1.54) is 0 Å². The van der Waals surface area contributed by atoms with Crippen molar-refractivity contribution in [1.29, 1.82) is 0 Å². The number of hydrogen-bond donors (Lipinski definition) is 0. The van der Waals surface area contributed by atoms with Crippen LogP contribution in [0.3, 0.4) is 0 Å². The highest BCUT2D eigenvalue weighted by Gasteiger charge is 2.25. The van der Waals surface area contributed by atoms with Crippen LogP contribution in [0.15, 0.2) is 73.8 Å². The zero-order valence-corrected chi connectivity index (χ0v) is 14.9. The third-order valence-corrected chi connectivity index (χ3v) is 5.24. The molecule has 4 heteroatoms. The molecule has 0 N–H and O–H groups in total. The van der Waals surface area contributed by atoms with Gasteiger partial charge in [0, 0.05) is 0 Å². The molecule has 2 aromatic rings. The van der Waals surface area contributed by atoms with Gasteiger partial charge in [0.05, 0.1) is 6.16 Å². The molecule has 0 heterocycles. The van der Waals surface area contributed by atoms with Crippen molar-refractivity contribution in [3.8, 4) is 11.5 Å². The number of hydrogen-bond acceptors (Lipinski definition) is 3. The SMILES string of the molecule is C=CCc1ccc(OP(=O)(CC)Oc2ccc(CC=C)cc2)cc1. The molecule has 0 amide bonds. The first kappa shape index (κ1) is 18.1. The Morgan fingerprint density at radius 1 is 0.833 bits per heavy atom. The van der Waals surface area contributed by atoms with Crippen LogP contribution in [0.1, 0.15) is 18.1 Å². The molecule has 3 nitrogen and oxygen atoms in total. The number of benzene rings is 2. The highest BCUT2D eigenvalue weighted by molar-refractivity contribution is 7.54. The molecule has 0 aliphatic rings. The Morgan fingerprint density at radius 3 is 1.50 bits per heavy atom. The van der Waals surface area contributed by atoms with E-state index in [1.807, 2.05) is 36.4 Å². The fourth-order valence-corrected chi connectivity index (χ4v) is 3.36. The minimum atomic E-state index is -3.25. The molecule has 0 saturated heterocycles. The molecule has 24 heavy (non-hydrogen) atoms. The van der Waals surface area contributed by atoms with Crippen molar-refractivity contribution in [1.82, 2.24) is 0 Å². The Morgan fingerprint density at radius 2 is 1.21 bits per heavy atom. The summed E-state index contributed by atoms with van der Waals surface area (Å²) in [5.41, 5.74) is 2.25. The number of rotatable bonds is 9. The van der Waals surface area contributed by atoms with E-state index < -0.39 is 7.60 Å². The first-order chi connectivity index (χ1) is 11.6. The summed E-state index contributed by atoms with van der Waals surface area (Å²) in [6.45, 7) is 9.22. The van der Waals surface area contributed by atoms with E-state index in [0.717, 1.165) is 24.0 Å². The van der Waals surface area contributed by atoms with Crippen LogP contribution in [0.5, 0.6) is 11.5 Å². The van der Waals surface area contributed by atoms with E-state index in [2.05, 4.69) is 13.2 Å². The molecule has 0 aliphatic carbocycles. The lowest BCUT2D eigenvalue weighted by molar-refractivity contribution is 0.387. The molecule has 0 aliphatic heterocycles. The summed E-state index contributed by atoms with van der Waals surface area (Å²) < 4.78 is 24.2. The monoisotopic (exact) mass is 342 g/mol. The van der Waals surface area contributed by atoms with Crippen LogP contribution < -0.4 is 9.05 Å². The lowest BCUT2D eigenvalue weighted by atomic mass is 10.1. The molecule has 0 atom stereocenters. The molecule has 2 aromatic carbocycles. The Labute approximate surface area is 144 Å². The quantitative estimate of drug-likeness (QED) is 0.426. The Hall–Kier alpha value is -2.25. The third kappa shape index (κ3) is 5.14. The van der Waals surface area contributed by atoms with Crippen molar-refractivity contribution in [3.05, 3.63) is 85.0 Å². The van der Waals surface area contributed by atoms with Crippen LogP contribution in [0.25, 0.3) is 0 Å². The minimum absolute atomic E-state index is 0.288. The molecule has 0 radical (unpaired) electrons. The lowest BCUT2D eigenvalue weighted by Gasteiger charge is -2.19. The van der Waals surface area contributed by atoms with Gasteiger partial charge in [-0.25, -0.2) is 4.57 Å². The predicted octanol–water partition coefficient (Wildman–Crippen LogP) is 5.81. The van der Waals surface area contributed by atoms with Gasteiger partial charge in [0.25, 0.3) is 0 Å². The van der Waals surface area contributed by atoms with Gasteiger partial charge in [0.1, 0.15) is 11.5 Å². The van der Waals surface area contributed by atoms with Crippen molar-refractivity contribution >= 4 is 7.60 Å². The summed E-state index contributed by atoms with van der Waals surface area (Å²) in [6, 6.07) is 14.9. The van der Waals surface area contributed by atoms with Gasteiger partial charge in [-0.15, -0.1) is 13.2 Å². The number of allylic oxidation sites excluding steroid dienone is 2. The largest absolute Gasteiger partial charge is 0.430 e. The van der Waals surface area contributed by atoms with Gasteiger partial charge < -0.3 is 9.05 Å². The maximum absolute atomic E-state index is 12.9. The van der Waals surface area contributed by atoms with Gasteiger partial charge in [0.2, 0.25) is 0 Å². The molecule has 2 rings (SSSR count). The van der Waals surface area contributed by atoms with E-state index in [4.69, 9.17) is 9.05 Å². The summed E-state index contributed by atoms with van der Waals surface area (Å²) >= 11 is 0.